The van der Waals surface area contributed by atoms with Crippen molar-refractivity contribution in [2.45, 2.75) is 85.1 Å². The van der Waals surface area contributed by atoms with E-state index in [0.29, 0.717) is 0 Å². The van der Waals surface area contributed by atoms with E-state index in [9.17, 15) is 17.8 Å². The van der Waals surface area contributed by atoms with Crippen molar-refractivity contribution in [3.05, 3.63) is 0 Å². The van der Waals surface area contributed by atoms with Gasteiger partial charge in [0.15, 0.2) is 10.3 Å². The van der Waals surface area contributed by atoms with Gasteiger partial charge >= 0.3 is 0 Å². The molecule has 1 rings (SSSR count). The first-order chi connectivity index (χ1) is 12.7. The number of unbranched alkanes of at least 4 members (excludes halogenated alkanes) is 4. The molecule has 1 aliphatic heterocycles. The molecule has 9 heteroatoms. The summed E-state index contributed by atoms with van der Waals surface area (Å²) in [4.78, 5) is 10.4. The van der Waals surface area contributed by atoms with Crippen LogP contribution in [0.3, 0.4) is 0 Å². The predicted octanol–water partition coefficient (Wildman–Crippen LogP) is 2.24. The van der Waals surface area contributed by atoms with E-state index in [1.807, 2.05) is 0 Å². The van der Waals surface area contributed by atoms with Crippen molar-refractivity contribution in [1.82, 2.24) is 4.31 Å². The molecule has 1 amide bonds. The van der Waals surface area contributed by atoms with Crippen LogP contribution in [0.1, 0.15) is 79.1 Å². The van der Waals surface area contributed by atoms with Gasteiger partial charge in [-0.05, 0) is 25.7 Å². The van der Waals surface area contributed by atoms with Gasteiger partial charge in [0.2, 0.25) is 0 Å². The summed E-state index contributed by atoms with van der Waals surface area (Å²) >= 11 is 0. The molecular formula is C19H41KN3O4S. The number of hydrogen-bond acceptors (Lipinski definition) is 5. The minimum atomic E-state index is -4.59. The number of quaternary nitrogens is 1. The van der Waals surface area contributed by atoms with Gasteiger partial charge in [0.1, 0.15) is 6.04 Å². The molecule has 0 spiro atoms. The van der Waals surface area contributed by atoms with Crippen molar-refractivity contribution < 1.29 is 22.2 Å². The van der Waals surface area contributed by atoms with Crippen LogP contribution in [0.15, 0.2) is 0 Å². The second-order valence-corrected chi connectivity index (χ2v) is 8.88. The van der Waals surface area contributed by atoms with Crippen molar-refractivity contribution in [1.29, 1.82) is 0 Å². The number of β-lactam (4-membered cyclic amide) rings is 1. The Kier molecular flexibility index (Phi) is 18.5. The van der Waals surface area contributed by atoms with Crippen LogP contribution >= 0.6 is 0 Å². The topological polar surface area (TPSA) is 104 Å². The maximum absolute atomic E-state index is 10.4. The molecule has 0 aromatic rings. The normalized spacial score (nSPS) is 16.7. The molecule has 28 heavy (non-hydrogen) atoms. The van der Waals surface area contributed by atoms with Crippen molar-refractivity contribution in [2.24, 2.45) is 5.73 Å². The Morgan fingerprint density at radius 2 is 1.25 bits per heavy atom. The predicted molar refractivity (Wildman–Crippen MR) is 115 cm³/mol. The third-order valence-corrected chi connectivity index (χ3v) is 6.01. The zero-order chi connectivity index (χ0) is 20.9. The molecule has 0 saturated carbocycles. The van der Waals surface area contributed by atoms with E-state index in [1.165, 1.54) is 82.0 Å². The molecule has 0 aromatic carbocycles. The number of carbonyl (C=O) groups is 1. The van der Waals surface area contributed by atoms with Crippen LogP contribution in [-0.4, -0.2) is 118 Å². The van der Waals surface area contributed by atoms with E-state index < -0.39 is 22.3 Å². The number of hydrogen-bond donors (Lipinski definition) is 1. The minimum absolute atomic E-state index is 0. The summed E-state index contributed by atoms with van der Waals surface area (Å²) in [5.74, 6) is -0.824. The zero-order valence-electron chi connectivity index (χ0n) is 18.8. The molecule has 1 radical (unpaired) electrons. The molecule has 163 valence electrons. The number of nitrogens with zero attached hydrogens (tertiary/aromatic N) is 2. The van der Waals surface area contributed by atoms with Gasteiger partial charge < -0.3 is 14.8 Å². The third kappa shape index (κ3) is 12.0. The fourth-order valence-corrected chi connectivity index (χ4v) is 3.96. The van der Waals surface area contributed by atoms with Crippen molar-refractivity contribution in [2.75, 3.05) is 32.7 Å². The van der Waals surface area contributed by atoms with Gasteiger partial charge in [0.25, 0.3) is 5.91 Å². The molecule has 2 N–H and O–H groups in total. The maximum Gasteiger partial charge on any atom is 0.254 e. The van der Waals surface area contributed by atoms with Crippen LogP contribution in [-0.2, 0) is 15.1 Å². The van der Waals surface area contributed by atoms with Crippen LogP contribution in [0, 0.1) is 0 Å². The van der Waals surface area contributed by atoms with Crippen LogP contribution in [0.25, 0.3) is 0 Å². The Hall–Kier alpha value is 0.936. The summed E-state index contributed by atoms with van der Waals surface area (Å²) in [6.07, 6.45) is 11.1. The van der Waals surface area contributed by atoms with E-state index in [1.54, 1.807) is 0 Å². The number of amides is 1. The Labute approximate surface area is 215 Å². The molecule has 1 saturated heterocycles. The molecule has 1 atom stereocenters. The molecule has 1 heterocycles. The van der Waals surface area contributed by atoms with Crippen molar-refractivity contribution in [3.63, 3.8) is 0 Å². The SMILES string of the molecule is CCCC[N+](CCCC)(CCCC)CCCC.N[C@H]1CN(S(=O)(=O)[O-])C1=O.[K]. The quantitative estimate of drug-likeness (QED) is 0.202. The summed E-state index contributed by atoms with van der Waals surface area (Å²) < 4.78 is 31.8. The molecule has 0 aromatic heterocycles. The van der Waals surface area contributed by atoms with E-state index in [4.69, 9.17) is 5.73 Å². The van der Waals surface area contributed by atoms with E-state index >= 15 is 0 Å². The first kappa shape index (κ1) is 31.1. The smallest absolute Gasteiger partial charge is 0.254 e. The monoisotopic (exact) mass is 446 g/mol. The van der Waals surface area contributed by atoms with Crippen molar-refractivity contribution >= 4 is 67.6 Å². The fourth-order valence-electron chi connectivity index (χ4n) is 3.27. The maximum atomic E-state index is 10.4. The van der Waals surface area contributed by atoms with Crippen LogP contribution < -0.4 is 5.73 Å². The number of nitrogens with two attached hydrogens (primary N) is 1. The standard InChI is InChI=1S/C16H36N.C3H6N2O4S.K/c1-5-9-13-17(14-10-6-2,15-11-7-3)16-12-8-4;4-2-1-5(3(2)6)10(7,8)9;/h5-16H2,1-4H3;2H,1,4H2,(H,7,8,9);/q+1;;/p-1/t;2-;/m.0./s1. The Balaban J connectivity index is 0. The second kappa shape index (κ2) is 16.6. The second-order valence-electron chi connectivity index (χ2n) is 7.58. The number of carbonyl (C=O) groups excluding carboxylic acids is 1. The molecule has 0 bridgehead atoms. The summed E-state index contributed by atoms with van der Waals surface area (Å²) in [5.41, 5.74) is 5.01. The van der Waals surface area contributed by atoms with Gasteiger partial charge in [-0.3, -0.25) is 4.79 Å². The van der Waals surface area contributed by atoms with Gasteiger partial charge in [-0.2, -0.15) is 0 Å². The first-order valence-electron chi connectivity index (χ1n) is 10.6. The zero-order valence-corrected chi connectivity index (χ0v) is 22.7. The molecular weight excluding hydrogens is 405 g/mol. The van der Waals surface area contributed by atoms with Gasteiger partial charge in [0.05, 0.1) is 32.7 Å². The van der Waals surface area contributed by atoms with E-state index in [-0.39, 0.29) is 62.2 Å². The van der Waals surface area contributed by atoms with E-state index in [0.717, 1.165) is 0 Å². The van der Waals surface area contributed by atoms with Gasteiger partial charge in [-0.1, -0.05) is 53.4 Å². The van der Waals surface area contributed by atoms with Gasteiger partial charge in [-0.15, -0.1) is 0 Å². The average molecular weight is 447 g/mol. The molecule has 0 aliphatic carbocycles. The summed E-state index contributed by atoms with van der Waals surface area (Å²) in [7, 11) is -4.59. The van der Waals surface area contributed by atoms with Crippen LogP contribution in [0.2, 0.25) is 0 Å². The average Bonchev–Trinajstić information content (AvgIpc) is 2.64. The molecule has 1 aliphatic rings. The molecule has 7 nitrogen and oxygen atoms in total. The third-order valence-electron chi connectivity index (χ3n) is 5.14. The van der Waals surface area contributed by atoms with Gasteiger partial charge in [0, 0.05) is 51.4 Å². The Bertz CT molecular complexity index is 480. The van der Waals surface area contributed by atoms with Crippen LogP contribution in [0.5, 0.6) is 0 Å². The Morgan fingerprint density at radius 3 is 1.39 bits per heavy atom. The summed E-state index contributed by atoms with van der Waals surface area (Å²) in [6, 6.07) is -0.816. The van der Waals surface area contributed by atoms with Gasteiger partial charge in [-0.25, -0.2) is 12.7 Å². The number of rotatable bonds is 13. The van der Waals surface area contributed by atoms with Crippen molar-refractivity contribution in [3.8, 4) is 0 Å². The molecule has 0 unspecified atom stereocenters. The fraction of sp³-hybridized carbons (Fsp3) is 0.947. The molecule has 1 fully saturated rings. The largest absolute Gasteiger partial charge is 0.731 e. The summed E-state index contributed by atoms with van der Waals surface area (Å²) in [5, 5.41) is 0. The minimum Gasteiger partial charge on any atom is -0.731 e. The van der Waals surface area contributed by atoms with Crippen LogP contribution in [0.4, 0.5) is 0 Å². The first-order valence-corrected chi connectivity index (χ1v) is 11.9. The summed E-state index contributed by atoms with van der Waals surface area (Å²) in [6.45, 7) is 14.8. The Morgan fingerprint density at radius 1 is 0.929 bits per heavy atom. The van der Waals surface area contributed by atoms with E-state index in [2.05, 4.69) is 27.7 Å².